The molecule has 2 aromatic rings. The van der Waals surface area contributed by atoms with Crippen LogP contribution in [-0.2, 0) is 0 Å². The smallest absolute Gasteiger partial charge is 0.271 e. The van der Waals surface area contributed by atoms with Gasteiger partial charge in [-0.2, -0.15) is 0 Å². The quantitative estimate of drug-likeness (QED) is 0.884. The Kier molecular flexibility index (Phi) is 4.69. The topological polar surface area (TPSA) is 95.4 Å². The number of carbonyl (C=O) groups is 2. The van der Waals surface area contributed by atoms with Crippen LogP contribution in [0.1, 0.15) is 33.7 Å². The van der Waals surface area contributed by atoms with E-state index in [-0.39, 0.29) is 29.3 Å². The van der Waals surface area contributed by atoms with Gasteiger partial charge in [0, 0.05) is 37.1 Å². The zero-order valence-electron chi connectivity index (χ0n) is 13.1. The predicted molar refractivity (Wildman–Crippen MR) is 86.5 cm³/mol. The number of benzene rings is 1. The van der Waals surface area contributed by atoms with Gasteiger partial charge in [0.05, 0.1) is 6.20 Å². The minimum atomic E-state index is -0.249. The normalized spacial score (nSPS) is 15.1. The molecule has 1 aromatic heterocycles. The zero-order valence-corrected chi connectivity index (χ0v) is 13.1. The summed E-state index contributed by atoms with van der Waals surface area (Å²) in [6.07, 6.45) is 5.77. The van der Waals surface area contributed by atoms with Crippen molar-refractivity contribution >= 4 is 11.8 Å². The largest absolute Gasteiger partial charge is 0.508 e. The highest BCUT2D eigenvalue weighted by atomic mass is 16.3. The Hall–Kier alpha value is -2.96. The molecule has 1 fully saturated rings. The molecule has 0 aliphatic carbocycles. The number of phenols is 1. The second kappa shape index (κ2) is 7.08. The van der Waals surface area contributed by atoms with Gasteiger partial charge >= 0.3 is 0 Å². The van der Waals surface area contributed by atoms with Crippen LogP contribution in [0.3, 0.4) is 0 Å². The molecule has 2 N–H and O–H groups in total. The van der Waals surface area contributed by atoms with Crippen molar-refractivity contribution in [3.8, 4) is 5.75 Å². The molecule has 1 aliphatic heterocycles. The van der Waals surface area contributed by atoms with Crippen molar-refractivity contribution in [2.75, 3.05) is 13.1 Å². The van der Waals surface area contributed by atoms with Crippen LogP contribution in [0.25, 0.3) is 0 Å². The van der Waals surface area contributed by atoms with E-state index >= 15 is 0 Å². The van der Waals surface area contributed by atoms with Crippen LogP contribution in [0.2, 0.25) is 0 Å². The third kappa shape index (κ3) is 3.68. The average Bonchev–Trinajstić information content (AvgIpc) is 2.62. The highest BCUT2D eigenvalue weighted by Crippen LogP contribution is 2.17. The maximum atomic E-state index is 12.4. The van der Waals surface area contributed by atoms with E-state index in [0.717, 1.165) is 0 Å². The molecule has 1 aromatic carbocycles. The summed E-state index contributed by atoms with van der Waals surface area (Å²) in [5.74, 6) is -0.280. The van der Waals surface area contributed by atoms with Crippen molar-refractivity contribution in [1.82, 2.24) is 20.2 Å². The lowest BCUT2D eigenvalue weighted by molar-refractivity contribution is 0.0697. The van der Waals surface area contributed by atoms with Crippen LogP contribution >= 0.6 is 0 Å². The average molecular weight is 326 g/mol. The van der Waals surface area contributed by atoms with Gasteiger partial charge in [0.25, 0.3) is 11.8 Å². The Morgan fingerprint density at radius 3 is 2.67 bits per heavy atom. The number of phenolic OH excluding ortho intramolecular Hbond substituents is 1. The van der Waals surface area contributed by atoms with Crippen molar-refractivity contribution in [3.05, 3.63) is 54.1 Å². The van der Waals surface area contributed by atoms with Gasteiger partial charge < -0.3 is 15.3 Å². The summed E-state index contributed by atoms with van der Waals surface area (Å²) in [4.78, 5) is 34.1. The van der Waals surface area contributed by atoms with E-state index < -0.39 is 0 Å². The van der Waals surface area contributed by atoms with Crippen LogP contribution in [0.4, 0.5) is 0 Å². The number of nitrogens with one attached hydrogen (secondary N) is 1. The van der Waals surface area contributed by atoms with Crippen molar-refractivity contribution in [1.29, 1.82) is 0 Å². The minimum Gasteiger partial charge on any atom is -0.508 e. The van der Waals surface area contributed by atoms with Crippen molar-refractivity contribution in [2.45, 2.75) is 18.9 Å². The molecule has 7 heteroatoms. The predicted octanol–water partition coefficient (Wildman–Crippen LogP) is 1.22. The van der Waals surface area contributed by atoms with Crippen molar-refractivity contribution < 1.29 is 14.7 Å². The molecule has 7 nitrogen and oxygen atoms in total. The molecule has 124 valence electrons. The molecular formula is C17H18N4O3. The number of carbonyl (C=O) groups excluding carboxylic acids is 2. The summed E-state index contributed by atoms with van der Waals surface area (Å²) in [7, 11) is 0. The lowest BCUT2D eigenvalue weighted by Crippen LogP contribution is -2.46. The highest BCUT2D eigenvalue weighted by Gasteiger charge is 2.25. The van der Waals surface area contributed by atoms with E-state index in [2.05, 4.69) is 15.3 Å². The number of hydrogen-bond acceptors (Lipinski definition) is 5. The van der Waals surface area contributed by atoms with E-state index in [4.69, 9.17) is 0 Å². The summed E-state index contributed by atoms with van der Waals surface area (Å²) >= 11 is 0. The first-order valence-electron chi connectivity index (χ1n) is 7.78. The molecule has 3 rings (SSSR count). The Morgan fingerprint density at radius 2 is 2.00 bits per heavy atom. The molecule has 0 radical (unpaired) electrons. The molecule has 1 saturated heterocycles. The lowest BCUT2D eigenvalue weighted by Gasteiger charge is -2.32. The SMILES string of the molecule is O=C(NC1CCN(C(=O)c2cccc(O)c2)CC1)c1cnccn1. The minimum absolute atomic E-state index is 0.00716. The standard InChI is InChI=1S/C17H18N4O3/c22-14-3-1-2-12(10-14)17(24)21-8-4-13(5-9-21)20-16(23)15-11-18-6-7-19-15/h1-3,6-7,10-11,13,22H,4-5,8-9H2,(H,20,23). The fourth-order valence-corrected chi connectivity index (χ4v) is 2.72. The molecule has 0 bridgehead atoms. The molecule has 0 atom stereocenters. The van der Waals surface area contributed by atoms with Crippen LogP contribution in [0, 0.1) is 0 Å². The van der Waals surface area contributed by atoms with Gasteiger partial charge in [-0.25, -0.2) is 4.98 Å². The van der Waals surface area contributed by atoms with Crippen molar-refractivity contribution in [2.24, 2.45) is 0 Å². The Morgan fingerprint density at radius 1 is 1.21 bits per heavy atom. The number of aromatic nitrogens is 2. The van der Waals surface area contributed by atoms with Crippen LogP contribution < -0.4 is 5.32 Å². The van der Waals surface area contributed by atoms with Gasteiger partial charge in [-0.1, -0.05) is 6.07 Å². The number of aromatic hydroxyl groups is 1. The van der Waals surface area contributed by atoms with E-state index in [0.29, 0.717) is 31.5 Å². The van der Waals surface area contributed by atoms with E-state index in [1.807, 2.05) is 0 Å². The fourth-order valence-electron chi connectivity index (χ4n) is 2.72. The first-order valence-corrected chi connectivity index (χ1v) is 7.78. The summed E-state index contributed by atoms with van der Waals surface area (Å²) < 4.78 is 0. The summed E-state index contributed by atoms with van der Waals surface area (Å²) in [6.45, 7) is 1.11. The number of rotatable bonds is 3. The lowest BCUT2D eigenvalue weighted by atomic mass is 10.0. The molecule has 0 spiro atoms. The van der Waals surface area contributed by atoms with Gasteiger partial charge in [0.1, 0.15) is 11.4 Å². The third-order valence-electron chi connectivity index (χ3n) is 4.01. The first-order chi connectivity index (χ1) is 11.6. The van der Waals surface area contributed by atoms with E-state index in [1.165, 1.54) is 30.7 Å². The monoisotopic (exact) mass is 326 g/mol. The summed E-state index contributed by atoms with van der Waals surface area (Å²) in [5.41, 5.74) is 0.757. The second-order valence-corrected chi connectivity index (χ2v) is 5.68. The number of piperidine rings is 1. The fraction of sp³-hybridized carbons (Fsp3) is 0.294. The van der Waals surface area contributed by atoms with E-state index in [1.54, 1.807) is 17.0 Å². The van der Waals surface area contributed by atoms with E-state index in [9.17, 15) is 14.7 Å². The maximum Gasteiger partial charge on any atom is 0.271 e. The zero-order chi connectivity index (χ0) is 16.9. The number of likely N-dealkylation sites (tertiary alicyclic amines) is 1. The van der Waals surface area contributed by atoms with Crippen LogP contribution in [-0.4, -0.2) is 50.9 Å². The van der Waals surface area contributed by atoms with Gasteiger partial charge in [-0.15, -0.1) is 0 Å². The molecular weight excluding hydrogens is 308 g/mol. The van der Waals surface area contributed by atoms with Gasteiger partial charge in [0.2, 0.25) is 0 Å². The van der Waals surface area contributed by atoms with Crippen LogP contribution in [0.15, 0.2) is 42.9 Å². The molecule has 24 heavy (non-hydrogen) atoms. The maximum absolute atomic E-state index is 12.4. The Balaban J connectivity index is 1.54. The highest BCUT2D eigenvalue weighted by molar-refractivity contribution is 5.95. The third-order valence-corrected chi connectivity index (χ3v) is 4.01. The van der Waals surface area contributed by atoms with Crippen LogP contribution in [0.5, 0.6) is 5.75 Å². The van der Waals surface area contributed by atoms with Gasteiger partial charge in [0.15, 0.2) is 0 Å². The number of nitrogens with zero attached hydrogens (tertiary/aromatic N) is 3. The summed E-state index contributed by atoms with van der Waals surface area (Å²) in [6, 6.07) is 6.34. The Labute approximate surface area is 139 Å². The number of hydrogen-bond donors (Lipinski definition) is 2. The van der Waals surface area contributed by atoms with Crippen molar-refractivity contribution in [3.63, 3.8) is 0 Å². The summed E-state index contributed by atoms with van der Waals surface area (Å²) in [5, 5.41) is 12.4. The first kappa shape index (κ1) is 15.9. The molecule has 1 aliphatic rings. The molecule has 2 amide bonds. The van der Waals surface area contributed by atoms with Gasteiger partial charge in [-0.05, 0) is 31.0 Å². The second-order valence-electron chi connectivity index (χ2n) is 5.68. The molecule has 0 saturated carbocycles. The molecule has 0 unspecified atom stereocenters. The molecule has 2 heterocycles. The number of amides is 2. The van der Waals surface area contributed by atoms with Gasteiger partial charge in [-0.3, -0.25) is 14.6 Å². The Bertz CT molecular complexity index is 728.